The molecule has 0 radical (unpaired) electrons. The topological polar surface area (TPSA) is 149 Å². The lowest BCUT2D eigenvalue weighted by atomic mass is 10.1. The number of hydrogen-bond acceptors (Lipinski definition) is 5. The molecule has 0 spiro atoms. The Morgan fingerprint density at radius 1 is 1.17 bits per heavy atom. The average molecular weight is 395 g/mol. The maximum Gasteiger partial charge on any atom is 0.305 e. The molecule has 3 rings (SSSR count). The lowest BCUT2D eigenvalue weighted by Gasteiger charge is -2.19. The second-order valence-electron chi connectivity index (χ2n) is 6.63. The first-order chi connectivity index (χ1) is 13.8. The fourth-order valence-electron chi connectivity index (χ4n) is 2.99. The van der Waals surface area contributed by atoms with Crippen molar-refractivity contribution in [1.29, 1.82) is 5.41 Å². The van der Waals surface area contributed by atoms with Gasteiger partial charge in [0.05, 0.1) is 13.0 Å². The van der Waals surface area contributed by atoms with E-state index in [9.17, 15) is 14.4 Å². The number of rotatable bonds is 6. The van der Waals surface area contributed by atoms with Crippen LogP contribution in [-0.4, -0.2) is 46.7 Å². The number of carbonyl (C=O) groups excluding carboxylic acids is 2. The van der Waals surface area contributed by atoms with Gasteiger partial charge in [-0.2, -0.15) is 0 Å². The van der Waals surface area contributed by atoms with E-state index in [-0.39, 0.29) is 43.7 Å². The zero-order chi connectivity index (χ0) is 21.0. The van der Waals surface area contributed by atoms with Crippen molar-refractivity contribution in [3.63, 3.8) is 0 Å². The average Bonchev–Trinajstić information content (AvgIpc) is 2.85. The van der Waals surface area contributed by atoms with Crippen molar-refractivity contribution >= 4 is 35.0 Å². The quantitative estimate of drug-likeness (QED) is 0.369. The minimum atomic E-state index is -0.973. The van der Waals surface area contributed by atoms with Crippen LogP contribution in [0, 0.1) is 5.41 Å². The third kappa shape index (κ3) is 4.89. The van der Waals surface area contributed by atoms with E-state index in [1.54, 1.807) is 42.5 Å². The maximum atomic E-state index is 12.6. The Hall–Kier alpha value is -3.88. The number of fused-ring (bicyclic) bond motifs is 1. The third-order valence-electron chi connectivity index (χ3n) is 4.56. The molecule has 9 nitrogen and oxygen atoms in total. The fourth-order valence-corrected chi connectivity index (χ4v) is 2.99. The normalized spacial score (nSPS) is 13.1. The molecular weight excluding hydrogens is 374 g/mol. The number of nitrogens with two attached hydrogens (primary N) is 1. The Morgan fingerprint density at radius 2 is 1.86 bits per heavy atom. The summed E-state index contributed by atoms with van der Waals surface area (Å²) in [4.78, 5) is 37.1. The van der Waals surface area contributed by atoms with Crippen molar-refractivity contribution in [3.8, 4) is 0 Å². The number of nitrogen functional groups attached to an aromatic ring is 1. The lowest BCUT2D eigenvalue weighted by Crippen LogP contribution is -2.34. The molecule has 6 N–H and O–H groups in total. The number of nitrogens with zero attached hydrogens (tertiary/aromatic N) is 1. The predicted molar refractivity (Wildman–Crippen MR) is 108 cm³/mol. The van der Waals surface area contributed by atoms with E-state index in [2.05, 4.69) is 10.6 Å². The van der Waals surface area contributed by atoms with E-state index in [1.165, 1.54) is 4.90 Å². The van der Waals surface area contributed by atoms with Gasteiger partial charge in [-0.25, -0.2) is 0 Å². The van der Waals surface area contributed by atoms with Gasteiger partial charge in [0.2, 0.25) is 5.91 Å². The highest BCUT2D eigenvalue weighted by molar-refractivity contribution is 6.05. The molecule has 0 atom stereocenters. The Morgan fingerprint density at radius 3 is 2.52 bits per heavy atom. The molecule has 2 amide bonds. The second-order valence-corrected chi connectivity index (χ2v) is 6.63. The van der Waals surface area contributed by atoms with Crippen molar-refractivity contribution in [1.82, 2.24) is 4.90 Å². The van der Waals surface area contributed by atoms with E-state index >= 15 is 0 Å². The molecular formula is C20H21N5O4. The Balaban J connectivity index is 1.75. The summed E-state index contributed by atoms with van der Waals surface area (Å²) in [5.41, 5.74) is 8.43. The highest BCUT2D eigenvalue weighted by Crippen LogP contribution is 2.23. The molecule has 1 aliphatic rings. The maximum absolute atomic E-state index is 12.6. The predicted octanol–water partition coefficient (Wildman–Crippen LogP) is 1.45. The van der Waals surface area contributed by atoms with Crippen molar-refractivity contribution in [3.05, 3.63) is 59.2 Å². The van der Waals surface area contributed by atoms with Crippen LogP contribution in [0.1, 0.15) is 27.9 Å². The zero-order valence-corrected chi connectivity index (χ0v) is 15.6. The summed E-state index contributed by atoms with van der Waals surface area (Å²) in [6.07, 6.45) is -0.141. The van der Waals surface area contributed by atoms with Crippen LogP contribution < -0.4 is 16.4 Å². The molecule has 2 aromatic rings. The van der Waals surface area contributed by atoms with Gasteiger partial charge in [-0.05, 0) is 48.0 Å². The molecule has 0 aliphatic carbocycles. The number of carbonyl (C=O) groups is 3. The largest absolute Gasteiger partial charge is 0.481 e. The van der Waals surface area contributed by atoms with Crippen LogP contribution >= 0.6 is 0 Å². The molecule has 0 fully saturated rings. The Bertz CT molecular complexity index is 971. The van der Waals surface area contributed by atoms with Gasteiger partial charge in [-0.3, -0.25) is 19.8 Å². The molecule has 150 valence electrons. The molecule has 0 unspecified atom stereocenters. The van der Waals surface area contributed by atoms with Crippen LogP contribution in [0.2, 0.25) is 0 Å². The van der Waals surface area contributed by atoms with Gasteiger partial charge in [-0.1, -0.05) is 0 Å². The van der Waals surface area contributed by atoms with Gasteiger partial charge in [0.1, 0.15) is 5.84 Å². The van der Waals surface area contributed by atoms with Gasteiger partial charge in [0.15, 0.2) is 0 Å². The highest BCUT2D eigenvalue weighted by Gasteiger charge is 2.21. The van der Waals surface area contributed by atoms with Gasteiger partial charge < -0.3 is 26.4 Å². The number of anilines is 2. The summed E-state index contributed by atoms with van der Waals surface area (Å²) in [6.45, 7) is 0.401. The summed E-state index contributed by atoms with van der Waals surface area (Å²) < 4.78 is 0. The van der Waals surface area contributed by atoms with E-state index in [0.717, 1.165) is 11.3 Å². The van der Waals surface area contributed by atoms with Gasteiger partial charge >= 0.3 is 5.97 Å². The van der Waals surface area contributed by atoms with Crippen molar-refractivity contribution < 1.29 is 19.5 Å². The molecule has 0 bridgehead atoms. The van der Waals surface area contributed by atoms with E-state index in [4.69, 9.17) is 16.2 Å². The third-order valence-corrected chi connectivity index (χ3v) is 4.56. The van der Waals surface area contributed by atoms with Crippen LogP contribution in [0.3, 0.4) is 0 Å². The molecule has 1 heterocycles. The fraction of sp³-hybridized carbons (Fsp3) is 0.200. The number of hydrogen-bond donors (Lipinski definition) is 5. The number of carboxylic acid groups (broad SMARTS) is 1. The Labute approximate surface area is 167 Å². The molecule has 0 saturated heterocycles. The van der Waals surface area contributed by atoms with Crippen molar-refractivity contribution in [2.45, 2.75) is 13.0 Å². The van der Waals surface area contributed by atoms with Gasteiger partial charge in [-0.15, -0.1) is 0 Å². The number of carboxylic acids is 1. The smallest absolute Gasteiger partial charge is 0.305 e. The van der Waals surface area contributed by atoms with E-state index < -0.39 is 5.97 Å². The monoisotopic (exact) mass is 395 g/mol. The van der Waals surface area contributed by atoms with Crippen molar-refractivity contribution in [2.75, 3.05) is 23.7 Å². The van der Waals surface area contributed by atoms with Gasteiger partial charge in [0.25, 0.3) is 5.91 Å². The molecule has 1 aliphatic heterocycles. The first kappa shape index (κ1) is 19.9. The molecule has 2 aromatic carbocycles. The zero-order valence-electron chi connectivity index (χ0n) is 15.6. The standard InChI is InChI=1S/C20H21N5O4/c21-19(22)12-1-4-15(5-2-12)24-20(29)13-3-6-16-14(9-13)11-25(8-7-18(27)28)17(26)10-23-16/h1-6,9,23H,7-8,10-11H2,(H3,21,22)(H,24,29)(H,27,28). The minimum absolute atomic E-state index is 0.0527. The number of benzene rings is 2. The number of amidine groups is 1. The summed E-state index contributed by atoms with van der Waals surface area (Å²) >= 11 is 0. The summed E-state index contributed by atoms with van der Waals surface area (Å²) in [6, 6.07) is 11.7. The highest BCUT2D eigenvalue weighted by atomic mass is 16.4. The first-order valence-corrected chi connectivity index (χ1v) is 8.95. The summed E-state index contributed by atoms with van der Waals surface area (Å²) in [5.74, 6) is -1.54. The van der Waals surface area contributed by atoms with Crippen LogP contribution in [0.4, 0.5) is 11.4 Å². The molecule has 0 saturated carbocycles. The Kier molecular flexibility index (Phi) is 5.77. The van der Waals surface area contributed by atoms with Crippen molar-refractivity contribution in [2.24, 2.45) is 5.73 Å². The van der Waals surface area contributed by atoms with Gasteiger partial charge in [0, 0.05) is 35.6 Å². The van der Waals surface area contributed by atoms with Crippen LogP contribution in [-0.2, 0) is 16.1 Å². The summed E-state index contributed by atoms with van der Waals surface area (Å²) in [5, 5.41) is 22.1. The first-order valence-electron chi connectivity index (χ1n) is 8.95. The minimum Gasteiger partial charge on any atom is -0.481 e. The SMILES string of the molecule is N=C(N)c1ccc(NC(=O)c2ccc3c(c2)CN(CCC(=O)O)C(=O)CN3)cc1. The molecule has 9 heteroatoms. The number of nitrogens with one attached hydrogen (secondary N) is 3. The van der Waals surface area contributed by atoms with E-state index in [1.807, 2.05) is 0 Å². The summed E-state index contributed by atoms with van der Waals surface area (Å²) in [7, 11) is 0. The number of amides is 2. The van der Waals surface area contributed by atoms with Crippen LogP contribution in [0.5, 0.6) is 0 Å². The van der Waals surface area contributed by atoms with E-state index in [0.29, 0.717) is 16.8 Å². The lowest BCUT2D eigenvalue weighted by molar-refractivity contribution is -0.138. The second kappa shape index (κ2) is 8.42. The van der Waals surface area contributed by atoms with Crippen LogP contribution in [0.15, 0.2) is 42.5 Å². The molecule has 0 aromatic heterocycles. The number of aliphatic carboxylic acids is 1. The van der Waals surface area contributed by atoms with Crippen LogP contribution in [0.25, 0.3) is 0 Å². The molecule has 29 heavy (non-hydrogen) atoms.